The van der Waals surface area contributed by atoms with E-state index in [1.54, 1.807) is 48.5 Å². The number of amides is 2. The number of halogens is 1. The number of anilines is 1. The Hall–Kier alpha value is -4.14. The highest BCUT2D eigenvalue weighted by Crippen LogP contribution is 2.27. The average Bonchev–Trinajstić information content (AvgIpc) is 3.03. The average molecular weight is 646 g/mol. The summed E-state index contributed by atoms with van der Waals surface area (Å²) in [6, 6.07) is 29.1. The fourth-order valence-corrected chi connectivity index (χ4v) is 6.66. The second kappa shape index (κ2) is 15.7. The number of unbranched alkanes of at least 4 members (excludes halogenated alkanes) is 1. The third kappa shape index (κ3) is 8.96. The molecule has 0 radical (unpaired) electrons. The van der Waals surface area contributed by atoms with E-state index in [9.17, 15) is 18.0 Å². The van der Waals surface area contributed by atoms with E-state index in [0.717, 1.165) is 39.4 Å². The zero-order valence-electron chi connectivity index (χ0n) is 25.9. The summed E-state index contributed by atoms with van der Waals surface area (Å²) in [5.41, 5.74) is 3.85. The van der Waals surface area contributed by atoms with Crippen LogP contribution in [0, 0.1) is 13.8 Å². The Morgan fingerprint density at radius 2 is 1.49 bits per heavy atom. The molecule has 0 spiro atoms. The fraction of sp³-hybridized carbons (Fsp3) is 0.278. The van der Waals surface area contributed by atoms with Gasteiger partial charge in [0.05, 0.1) is 10.6 Å². The van der Waals surface area contributed by atoms with Crippen molar-refractivity contribution in [2.75, 3.05) is 17.4 Å². The highest BCUT2D eigenvalue weighted by molar-refractivity contribution is 7.92. The number of carbonyl (C=O) groups excluding carboxylic acids is 2. The minimum absolute atomic E-state index is 0.0598. The Morgan fingerprint density at radius 3 is 2.13 bits per heavy atom. The molecule has 0 saturated heterocycles. The van der Waals surface area contributed by atoms with Crippen LogP contribution in [0.4, 0.5) is 5.69 Å². The molecule has 45 heavy (non-hydrogen) atoms. The third-order valence-electron chi connectivity index (χ3n) is 7.73. The molecule has 4 aromatic rings. The number of hydrogen-bond acceptors (Lipinski definition) is 4. The largest absolute Gasteiger partial charge is 0.354 e. The number of carbonyl (C=O) groups is 2. The number of hydrogen-bond donors (Lipinski definition) is 1. The molecule has 0 bridgehead atoms. The molecule has 4 aromatic carbocycles. The van der Waals surface area contributed by atoms with Crippen molar-refractivity contribution in [1.29, 1.82) is 0 Å². The molecule has 4 rings (SSSR count). The van der Waals surface area contributed by atoms with E-state index in [1.807, 2.05) is 63.2 Å². The number of aryl methyl sites for hydroxylation is 2. The first-order valence-electron chi connectivity index (χ1n) is 15.1. The summed E-state index contributed by atoms with van der Waals surface area (Å²) in [6.45, 7) is 5.90. The van der Waals surface area contributed by atoms with Gasteiger partial charge in [0, 0.05) is 24.5 Å². The number of benzene rings is 4. The monoisotopic (exact) mass is 645 g/mol. The highest BCUT2D eigenvalue weighted by Gasteiger charge is 2.34. The van der Waals surface area contributed by atoms with Gasteiger partial charge in [0.25, 0.3) is 10.0 Å². The van der Waals surface area contributed by atoms with Crippen LogP contribution in [0.25, 0.3) is 0 Å². The molecule has 0 aliphatic carbocycles. The first kappa shape index (κ1) is 33.7. The predicted octanol–water partition coefficient (Wildman–Crippen LogP) is 6.71. The third-order valence-corrected chi connectivity index (χ3v) is 9.75. The molecule has 0 aromatic heterocycles. The van der Waals surface area contributed by atoms with Gasteiger partial charge >= 0.3 is 0 Å². The van der Waals surface area contributed by atoms with Crippen molar-refractivity contribution < 1.29 is 18.0 Å². The van der Waals surface area contributed by atoms with Crippen molar-refractivity contribution in [3.8, 4) is 0 Å². The lowest BCUT2D eigenvalue weighted by Gasteiger charge is -2.34. The predicted molar refractivity (Wildman–Crippen MR) is 181 cm³/mol. The summed E-state index contributed by atoms with van der Waals surface area (Å²) < 4.78 is 29.4. The molecule has 2 amide bonds. The van der Waals surface area contributed by atoms with Gasteiger partial charge in [0.1, 0.15) is 12.6 Å². The van der Waals surface area contributed by atoms with E-state index in [0.29, 0.717) is 17.3 Å². The van der Waals surface area contributed by atoms with Gasteiger partial charge < -0.3 is 10.2 Å². The van der Waals surface area contributed by atoms with Crippen LogP contribution in [-0.4, -0.2) is 44.3 Å². The summed E-state index contributed by atoms with van der Waals surface area (Å²) in [4.78, 5) is 29.9. The lowest BCUT2D eigenvalue weighted by molar-refractivity contribution is -0.140. The standard InChI is InChI=1S/C36H40ClN3O4S/c1-4-5-21-38-36(42)34(24-29-13-8-6-9-14-29)39(25-30-15-12-16-31(37)23-30)35(41)26-40(32-20-19-27(2)28(3)22-32)45(43,44)33-17-10-7-11-18-33/h6-20,22-23,34H,4-5,21,24-26H2,1-3H3,(H,38,42). The summed E-state index contributed by atoms with van der Waals surface area (Å²) in [6.07, 6.45) is 1.94. The SMILES string of the molecule is CCCCNC(=O)C(Cc1ccccc1)N(Cc1cccc(Cl)c1)C(=O)CN(c1ccc(C)c(C)c1)S(=O)(=O)c1ccccc1. The Balaban J connectivity index is 1.80. The summed E-state index contributed by atoms with van der Waals surface area (Å²) in [5, 5.41) is 3.50. The van der Waals surface area contributed by atoms with Crippen LogP contribution in [0.3, 0.4) is 0 Å². The smallest absolute Gasteiger partial charge is 0.264 e. The maximum absolute atomic E-state index is 14.5. The minimum Gasteiger partial charge on any atom is -0.354 e. The summed E-state index contributed by atoms with van der Waals surface area (Å²) in [7, 11) is -4.15. The van der Waals surface area contributed by atoms with Crippen LogP contribution in [-0.2, 0) is 32.6 Å². The highest BCUT2D eigenvalue weighted by atomic mass is 35.5. The van der Waals surface area contributed by atoms with Gasteiger partial charge in [0.15, 0.2) is 0 Å². The van der Waals surface area contributed by atoms with Crippen molar-refractivity contribution in [1.82, 2.24) is 10.2 Å². The molecular weight excluding hydrogens is 606 g/mol. The van der Waals surface area contributed by atoms with Gasteiger partial charge in [-0.1, -0.05) is 91.7 Å². The van der Waals surface area contributed by atoms with Crippen molar-refractivity contribution >= 4 is 39.1 Å². The van der Waals surface area contributed by atoms with Gasteiger partial charge in [0.2, 0.25) is 11.8 Å². The topological polar surface area (TPSA) is 86.8 Å². The second-order valence-corrected chi connectivity index (χ2v) is 13.4. The molecular formula is C36H40ClN3O4S. The summed E-state index contributed by atoms with van der Waals surface area (Å²) in [5.74, 6) is -0.814. The molecule has 1 unspecified atom stereocenters. The lowest BCUT2D eigenvalue weighted by atomic mass is 10.0. The number of nitrogens with zero attached hydrogens (tertiary/aromatic N) is 2. The second-order valence-electron chi connectivity index (χ2n) is 11.1. The molecule has 0 aliphatic heterocycles. The van der Waals surface area contributed by atoms with Gasteiger partial charge in [-0.15, -0.1) is 0 Å². The van der Waals surface area contributed by atoms with Gasteiger partial charge in [-0.05, 0) is 78.9 Å². The quantitative estimate of drug-likeness (QED) is 0.155. The fourth-order valence-electron chi connectivity index (χ4n) is 5.02. The Kier molecular flexibility index (Phi) is 11.8. The van der Waals surface area contributed by atoms with E-state index < -0.39 is 28.5 Å². The maximum atomic E-state index is 14.5. The summed E-state index contributed by atoms with van der Waals surface area (Å²) >= 11 is 6.31. The van der Waals surface area contributed by atoms with E-state index >= 15 is 0 Å². The van der Waals surface area contributed by atoms with E-state index in [4.69, 9.17) is 11.6 Å². The van der Waals surface area contributed by atoms with Crippen LogP contribution in [0.2, 0.25) is 5.02 Å². The molecule has 0 heterocycles. The van der Waals surface area contributed by atoms with Crippen molar-refractivity contribution in [3.63, 3.8) is 0 Å². The van der Waals surface area contributed by atoms with Crippen LogP contribution < -0.4 is 9.62 Å². The van der Waals surface area contributed by atoms with E-state index in [2.05, 4.69) is 5.32 Å². The molecule has 236 valence electrons. The maximum Gasteiger partial charge on any atom is 0.264 e. The van der Waals surface area contributed by atoms with Crippen LogP contribution >= 0.6 is 11.6 Å². The van der Waals surface area contributed by atoms with Gasteiger partial charge in [-0.3, -0.25) is 13.9 Å². The molecule has 7 nitrogen and oxygen atoms in total. The normalized spacial score (nSPS) is 11.9. The van der Waals surface area contributed by atoms with Gasteiger partial charge in [-0.2, -0.15) is 0 Å². The number of rotatable bonds is 14. The van der Waals surface area contributed by atoms with Crippen LogP contribution in [0.15, 0.2) is 108 Å². The molecule has 0 saturated carbocycles. The van der Waals surface area contributed by atoms with Gasteiger partial charge in [-0.25, -0.2) is 8.42 Å². The first-order chi connectivity index (χ1) is 21.6. The number of nitrogens with one attached hydrogen (secondary N) is 1. The molecule has 0 fully saturated rings. The first-order valence-corrected chi connectivity index (χ1v) is 16.9. The van der Waals surface area contributed by atoms with E-state index in [-0.39, 0.29) is 23.8 Å². The lowest BCUT2D eigenvalue weighted by Crippen LogP contribution is -2.53. The minimum atomic E-state index is -4.15. The Morgan fingerprint density at radius 1 is 0.822 bits per heavy atom. The van der Waals surface area contributed by atoms with Crippen molar-refractivity contribution in [2.45, 2.75) is 57.5 Å². The molecule has 1 atom stereocenters. The molecule has 9 heteroatoms. The zero-order valence-corrected chi connectivity index (χ0v) is 27.5. The van der Waals surface area contributed by atoms with Crippen LogP contribution in [0.5, 0.6) is 0 Å². The van der Waals surface area contributed by atoms with Crippen molar-refractivity contribution in [2.24, 2.45) is 0 Å². The Bertz CT molecular complexity index is 1700. The van der Waals surface area contributed by atoms with E-state index in [1.165, 1.54) is 17.0 Å². The zero-order chi connectivity index (χ0) is 32.4. The van der Waals surface area contributed by atoms with Crippen LogP contribution in [0.1, 0.15) is 42.0 Å². The van der Waals surface area contributed by atoms with Crippen molar-refractivity contribution in [3.05, 3.63) is 130 Å². The number of sulfonamides is 1. The molecule has 1 N–H and O–H groups in total. The molecule has 0 aliphatic rings. The Labute approximate surface area is 271 Å².